The molecular weight excluding hydrogens is 334 g/mol. The number of pyridine rings is 1. The van der Waals surface area contributed by atoms with E-state index in [1.807, 2.05) is 36.7 Å². The number of hydrogen-bond acceptors (Lipinski definition) is 5. The van der Waals surface area contributed by atoms with Gasteiger partial charge in [-0.3, -0.25) is 0 Å². The zero-order valence-electron chi connectivity index (χ0n) is 15.7. The maximum absolute atomic E-state index is 4.70. The number of aromatic nitrogens is 3. The molecule has 3 aromatic rings. The number of benzene rings is 1. The molecule has 0 unspecified atom stereocenters. The Morgan fingerprint density at radius 1 is 1.00 bits per heavy atom. The highest BCUT2D eigenvalue weighted by molar-refractivity contribution is 5.41. The second-order valence-corrected chi connectivity index (χ2v) is 7.12. The van der Waals surface area contributed by atoms with Crippen LogP contribution in [0.4, 0.5) is 11.6 Å². The Kier molecular flexibility index (Phi) is 5.28. The first-order chi connectivity index (χ1) is 13.3. The van der Waals surface area contributed by atoms with Gasteiger partial charge < -0.3 is 10.2 Å². The van der Waals surface area contributed by atoms with Gasteiger partial charge in [0.25, 0.3) is 0 Å². The van der Waals surface area contributed by atoms with Crippen LogP contribution in [0.5, 0.6) is 0 Å². The molecule has 0 spiro atoms. The molecule has 0 bridgehead atoms. The Morgan fingerprint density at radius 3 is 2.56 bits per heavy atom. The zero-order valence-corrected chi connectivity index (χ0v) is 15.7. The third-order valence-electron chi connectivity index (χ3n) is 4.98. The summed E-state index contributed by atoms with van der Waals surface area (Å²) in [5.41, 5.74) is 2.43. The number of anilines is 2. The van der Waals surface area contributed by atoms with Gasteiger partial charge in [-0.1, -0.05) is 36.4 Å². The fraction of sp³-hybridized carbons (Fsp3) is 0.318. The lowest BCUT2D eigenvalue weighted by Gasteiger charge is -2.33. The number of nitrogens with one attached hydrogen (secondary N) is 1. The molecule has 5 heteroatoms. The normalized spacial score (nSPS) is 14.9. The Balaban J connectivity index is 1.34. The standard InChI is InChI=1S/C22H25N5/c1-17-7-8-22(24-16-17)27-13-10-19(11-14-27)25-20-9-12-23-21(26-20)15-18-5-3-2-4-6-18/h2-9,12,16,19H,10-11,13-15H2,1H3,(H,23,25,26). The highest BCUT2D eigenvalue weighted by atomic mass is 15.2. The van der Waals surface area contributed by atoms with Crippen LogP contribution in [0, 0.1) is 6.92 Å². The molecule has 138 valence electrons. The molecule has 1 aliphatic heterocycles. The van der Waals surface area contributed by atoms with Crippen molar-refractivity contribution in [1.82, 2.24) is 15.0 Å². The van der Waals surface area contributed by atoms with Gasteiger partial charge in [-0.05, 0) is 43.0 Å². The molecule has 5 nitrogen and oxygen atoms in total. The summed E-state index contributed by atoms with van der Waals surface area (Å²) in [5, 5.41) is 3.59. The van der Waals surface area contributed by atoms with E-state index in [0.29, 0.717) is 6.04 Å². The third-order valence-corrected chi connectivity index (χ3v) is 4.98. The third kappa shape index (κ3) is 4.61. The highest BCUT2D eigenvalue weighted by Crippen LogP contribution is 2.20. The summed E-state index contributed by atoms with van der Waals surface area (Å²) in [6.07, 6.45) is 6.70. The molecule has 4 rings (SSSR count). The van der Waals surface area contributed by atoms with E-state index in [2.05, 4.69) is 51.4 Å². The summed E-state index contributed by atoms with van der Waals surface area (Å²) in [5.74, 6) is 2.85. The fourth-order valence-corrected chi connectivity index (χ4v) is 3.45. The van der Waals surface area contributed by atoms with E-state index in [1.165, 1.54) is 11.1 Å². The largest absolute Gasteiger partial charge is 0.367 e. The van der Waals surface area contributed by atoms with Crippen molar-refractivity contribution in [2.45, 2.75) is 32.2 Å². The van der Waals surface area contributed by atoms with Crippen LogP contribution in [0.1, 0.15) is 29.8 Å². The predicted octanol–water partition coefficient (Wildman–Crippen LogP) is 3.85. The summed E-state index contributed by atoms with van der Waals surface area (Å²) in [6.45, 7) is 4.09. The lowest BCUT2D eigenvalue weighted by atomic mass is 10.0. The van der Waals surface area contributed by atoms with Crippen molar-refractivity contribution in [3.63, 3.8) is 0 Å². The van der Waals surface area contributed by atoms with Crippen LogP contribution >= 0.6 is 0 Å². The quantitative estimate of drug-likeness (QED) is 0.750. The Hall–Kier alpha value is -2.95. The lowest BCUT2D eigenvalue weighted by Crippen LogP contribution is -2.39. The van der Waals surface area contributed by atoms with Crippen molar-refractivity contribution in [2.75, 3.05) is 23.3 Å². The number of rotatable bonds is 5. The van der Waals surface area contributed by atoms with E-state index in [9.17, 15) is 0 Å². The average molecular weight is 359 g/mol. The summed E-state index contributed by atoms with van der Waals surface area (Å²) < 4.78 is 0. The van der Waals surface area contributed by atoms with E-state index in [1.54, 1.807) is 0 Å². The predicted molar refractivity (Wildman–Crippen MR) is 109 cm³/mol. The summed E-state index contributed by atoms with van der Waals surface area (Å²) in [6, 6.07) is 17.0. The van der Waals surface area contributed by atoms with Crippen molar-refractivity contribution in [1.29, 1.82) is 0 Å². The van der Waals surface area contributed by atoms with Gasteiger partial charge in [0.05, 0.1) is 0 Å². The van der Waals surface area contributed by atoms with Gasteiger partial charge in [0.15, 0.2) is 0 Å². The molecule has 0 radical (unpaired) electrons. The Bertz CT molecular complexity index is 855. The second-order valence-electron chi connectivity index (χ2n) is 7.12. The van der Waals surface area contributed by atoms with Gasteiger partial charge in [-0.15, -0.1) is 0 Å². The topological polar surface area (TPSA) is 53.9 Å². The van der Waals surface area contributed by atoms with Crippen molar-refractivity contribution in [3.8, 4) is 0 Å². The Labute approximate surface area is 160 Å². The first kappa shape index (κ1) is 17.5. The van der Waals surface area contributed by atoms with Gasteiger partial charge >= 0.3 is 0 Å². The maximum Gasteiger partial charge on any atom is 0.135 e. The molecule has 1 fully saturated rings. The molecule has 0 amide bonds. The van der Waals surface area contributed by atoms with Crippen LogP contribution in [0.2, 0.25) is 0 Å². The monoisotopic (exact) mass is 359 g/mol. The van der Waals surface area contributed by atoms with E-state index in [0.717, 1.165) is 49.8 Å². The molecule has 3 heterocycles. The molecule has 27 heavy (non-hydrogen) atoms. The molecule has 1 N–H and O–H groups in total. The van der Waals surface area contributed by atoms with E-state index >= 15 is 0 Å². The SMILES string of the molecule is Cc1ccc(N2CCC(Nc3ccnc(Cc4ccccc4)n3)CC2)nc1. The Morgan fingerprint density at radius 2 is 1.81 bits per heavy atom. The number of piperidine rings is 1. The molecule has 1 aliphatic rings. The molecule has 0 saturated carbocycles. The highest BCUT2D eigenvalue weighted by Gasteiger charge is 2.20. The second kappa shape index (κ2) is 8.16. The molecule has 1 saturated heterocycles. The van der Waals surface area contributed by atoms with Crippen molar-refractivity contribution in [2.24, 2.45) is 0 Å². The number of aryl methyl sites for hydroxylation is 1. The fourth-order valence-electron chi connectivity index (χ4n) is 3.45. The van der Waals surface area contributed by atoms with Gasteiger partial charge in [0.1, 0.15) is 17.5 Å². The molecule has 2 aromatic heterocycles. The first-order valence-electron chi connectivity index (χ1n) is 9.56. The smallest absolute Gasteiger partial charge is 0.135 e. The molecule has 0 aliphatic carbocycles. The first-order valence-corrected chi connectivity index (χ1v) is 9.56. The van der Waals surface area contributed by atoms with Crippen molar-refractivity contribution >= 4 is 11.6 Å². The molecular formula is C22H25N5. The van der Waals surface area contributed by atoms with E-state index in [-0.39, 0.29) is 0 Å². The van der Waals surface area contributed by atoms with E-state index in [4.69, 9.17) is 4.98 Å². The van der Waals surface area contributed by atoms with E-state index < -0.39 is 0 Å². The van der Waals surface area contributed by atoms with Crippen molar-refractivity contribution in [3.05, 3.63) is 77.9 Å². The van der Waals surface area contributed by atoms with Crippen LogP contribution in [0.3, 0.4) is 0 Å². The van der Waals surface area contributed by atoms with Crippen LogP contribution in [0.25, 0.3) is 0 Å². The number of nitrogens with zero attached hydrogens (tertiary/aromatic N) is 4. The molecule has 1 aromatic carbocycles. The number of hydrogen-bond donors (Lipinski definition) is 1. The van der Waals surface area contributed by atoms with Crippen LogP contribution in [-0.4, -0.2) is 34.1 Å². The van der Waals surface area contributed by atoms with Crippen LogP contribution < -0.4 is 10.2 Å². The summed E-state index contributed by atoms with van der Waals surface area (Å²) in [7, 11) is 0. The minimum Gasteiger partial charge on any atom is -0.367 e. The summed E-state index contributed by atoms with van der Waals surface area (Å²) >= 11 is 0. The van der Waals surface area contributed by atoms with Gasteiger partial charge in [-0.25, -0.2) is 15.0 Å². The summed E-state index contributed by atoms with van der Waals surface area (Å²) in [4.78, 5) is 16.0. The molecule has 0 atom stereocenters. The van der Waals surface area contributed by atoms with Gasteiger partial charge in [0, 0.05) is 37.9 Å². The average Bonchev–Trinajstić information content (AvgIpc) is 2.70. The van der Waals surface area contributed by atoms with Crippen molar-refractivity contribution < 1.29 is 0 Å². The van der Waals surface area contributed by atoms with Gasteiger partial charge in [0.2, 0.25) is 0 Å². The maximum atomic E-state index is 4.70. The zero-order chi connectivity index (χ0) is 18.5. The van der Waals surface area contributed by atoms with Crippen LogP contribution in [-0.2, 0) is 6.42 Å². The van der Waals surface area contributed by atoms with Gasteiger partial charge in [-0.2, -0.15) is 0 Å². The minimum absolute atomic E-state index is 0.436. The van der Waals surface area contributed by atoms with Crippen LogP contribution in [0.15, 0.2) is 60.9 Å². The lowest BCUT2D eigenvalue weighted by molar-refractivity contribution is 0.522. The minimum atomic E-state index is 0.436.